The third-order valence-corrected chi connectivity index (χ3v) is 3.30. The Morgan fingerprint density at radius 3 is 2.45 bits per heavy atom. The van der Waals surface area contributed by atoms with Gasteiger partial charge in [0.05, 0.1) is 13.2 Å². The predicted octanol–water partition coefficient (Wildman–Crippen LogP) is 2.31. The fourth-order valence-corrected chi connectivity index (χ4v) is 1.87. The molecule has 106 valence electrons. The van der Waals surface area contributed by atoms with Gasteiger partial charge in [-0.05, 0) is 24.6 Å². The van der Waals surface area contributed by atoms with Crippen LogP contribution in [0, 0.1) is 0 Å². The summed E-state index contributed by atoms with van der Waals surface area (Å²) in [5.74, 6) is 0.582. The smallest absolute Gasteiger partial charge is 0.322 e. The highest BCUT2D eigenvalue weighted by molar-refractivity contribution is 6.30. The van der Waals surface area contributed by atoms with E-state index >= 15 is 0 Å². The van der Waals surface area contributed by atoms with Gasteiger partial charge in [-0.15, -0.1) is 0 Å². The van der Waals surface area contributed by atoms with Crippen molar-refractivity contribution < 1.29 is 4.74 Å². The molecule has 0 spiro atoms. The first-order valence-electron chi connectivity index (χ1n) is 6.05. The summed E-state index contributed by atoms with van der Waals surface area (Å²) in [4.78, 5) is 14.1. The molecule has 1 aromatic heterocycles. The number of hydrogen-bond donors (Lipinski definition) is 1. The summed E-state index contributed by atoms with van der Waals surface area (Å²) in [6, 6.07) is 7.88. The highest BCUT2D eigenvalue weighted by Crippen LogP contribution is 2.24. The molecule has 20 heavy (non-hydrogen) atoms. The van der Waals surface area contributed by atoms with Crippen LogP contribution in [-0.4, -0.2) is 29.1 Å². The van der Waals surface area contributed by atoms with Crippen LogP contribution in [0.15, 0.2) is 24.3 Å². The lowest BCUT2D eigenvalue weighted by Gasteiger charge is -2.25. The number of methoxy groups -OCH3 is 1. The Kier molecular flexibility index (Phi) is 4.24. The van der Waals surface area contributed by atoms with Gasteiger partial charge in [-0.3, -0.25) is 0 Å². The molecule has 2 aromatic rings. The van der Waals surface area contributed by atoms with E-state index in [1.54, 1.807) is 0 Å². The standard InChI is InChI=1S/C13H16ClN5O/c1-8(9-4-6-10(14)7-5-9)19(2)12-16-11(15)17-13(18-12)20-3/h4-8H,1-3H3,(H2,15,16,17,18). The molecule has 1 unspecified atom stereocenters. The topological polar surface area (TPSA) is 77.2 Å². The zero-order valence-electron chi connectivity index (χ0n) is 11.5. The van der Waals surface area contributed by atoms with Gasteiger partial charge in [-0.2, -0.15) is 15.0 Å². The number of nitrogens with zero attached hydrogens (tertiary/aromatic N) is 4. The average Bonchev–Trinajstić information content (AvgIpc) is 2.45. The lowest BCUT2D eigenvalue weighted by atomic mass is 10.1. The van der Waals surface area contributed by atoms with Gasteiger partial charge in [0, 0.05) is 12.1 Å². The largest absolute Gasteiger partial charge is 0.467 e. The van der Waals surface area contributed by atoms with E-state index in [-0.39, 0.29) is 18.0 Å². The van der Waals surface area contributed by atoms with Gasteiger partial charge >= 0.3 is 6.01 Å². The van der Waals surface area contributed by atoms with Gasteiger partial charge in [-0.1, -0.05) is 23.7 Å². The Balaban J connectivity index is 2.28. The van der Waals surface area contributed by atoms with Crippen molar-refractivity contribution in [2.75, 3.05) is 24.8 Å². The molecule has 1 atom stereocenters. The van der Waals surface area contributed by atoms with Gasteiger partial charge in [-0.25, -0.2) is 0 Å². The quantitative estimate of drug-likeness (QED) is 0.932. The molecule has 0 fully saturated rings. The van der Waals surface area contributed by atoms with Crippen molar-refractivity contribution in [1.82, 2.24) is 15.0 Å². The Hall–Kier alpha value is -2.08. The minimum atomic E-state index is 0.0544. The number of nitrogens with two attached hydrogens (primary N) is 1. The maximum atomic E-state index is 5.89. The van der Waals surface area contributed by atoms with E-state index in [9.17, 15) is 0 Å². The summed E-state index contributed by atoms with van der Waals surface area (Å²) in [7, 11) is 3.37. The molecule has 0 aliphatic rings. The normalized spacial score (nSPS) is 12.0. The first-order chi connectivity index (χ1) is 9.51. The Morgan fingerprint density at radius 2 is 1.85 bits per heavy atom. The van der Waals surface area contributed by atoms with Crippen LogP contribution in [0.25, 0.3) is 0 Å². The first-order valence-corrected chi connectivity index (χ1v) is 6.43. The molecule has 6 nitrogen and oxygen atoms in total. The van der Waals surface area contributed by atoms with Crippen LogP contribution in [0.3, 0.4) is 0 Å². The number of nitrogen functional groups attached to an aromatic ring is 1. The van der Waals surface area contributed by atoms with Crippen LogP contribution in [0.4, 0.5) is 11.9 Å². The van der Waals surface area contributed by atoms with Gasteiger partial charge in [0.2, 0.25) is 11.9 Å². The maximum absolute atomic E-state index is 5.89. The van der Waals surface area contributed by atoms with Crippen LogP contribution in [0.5, 0.6) is 6.01 Å². The first kappa shape index (κ1) is 14.3. The molecule has 0 radical (unpaired) electrons. The predicted molar refractivity (Wildman–Crippen MR) is 79.1 cm³/mol. The van der Waals surface area contributed by atoms with Crippen LogP contribution in [0.1, 0.15) is 18.5 Å². The van der Waals surface area contributed by atoms with Crippen molar-refractivity contribution in [1.29, 1.82) is 0 Å². The Labute approximate surface area is 122 Å². The fraction of sp³-hybridized carbons (Fsp3) is 0.308. The SMILES string of the molecule is COc1nc(N)nc(N(C)C(C)c2ccc(Cl)cc2)n1. The van der Waals surface area contributed by atoms with E-state index in [1.165, 1.54) is 7.11 Å². The summed E-state index contributed by atoms with van der Waals surface area (Å²) >= 11 is 5.89. The number of halogens is 1. The maximum Gasteiger partial charge on any atom is 0.322 e. The van der Waals surface area contributed by atoms with Crippen molar-refractivity contribution in [3.05, 3.63) is 34.9 Å². The van der Waals surface area contributed by atoms with Crippen molar-refractivity contribution in [3.63, 3.8) is 0 Å². The number of rotatable bonds is 4. The van der Waals surface area contributed by atoms with Crippen molar-refractivity contribution in [2.24, 2.45) is 0 Å². The van der Waals surface area contributed by atoms with Gasteiger partial charge in [0.1, 0.15) is 0 Å². The van der Waals surface area contributed by atoms with Crippen molar-refractivity contribution >= 4 is 23.5 Å². The third-order valence-electron chi connectivity index (χ3n) is 3.05. The molecule has 0 saturated heterocycles. The van der Waals surface area contributed by atoms with Crippen LogP contribution in [-0.2, 0) is 0 Å². The second-order valence-corrected chi connectivity index (χ2v) is 4.76. The van der Waals surface area contributed by atoms with Crippen LogP contribution in [0.2, 0.25) is 5.02 Å². The summed E-state index contributed by atoms with van der Waals surface area (Å²) in [6.07, 6.45) is 0. The van der Waals surface area contributed by atoms with Gasteiger partial charge in [0.25, 0.3) is 0 Å². The molecular weight excluding hydrogens is 278 g/mol. The molecule has 2 N–H and O–H groups in total. The summed E-state index contributed by atoms with van der Waals surface area (Å²) in [5.41, 5.74) is 6.74. The Morgan fingerprint density at radius 1 is 1.20 bits per heavy atom. The fourth-order valence-electron chi connectivity index (χ4n) is 1.75. The van der Waals surface area contributed by atoms with E-state index in [0.717, 1.165) is 5.56 Å². The Bertz CT molecular complexity index is 590. The zero-order chi connectivity index (χ0) is 14.7. The highest BCUT2D eigenvalue weighted by Gasteiger charge is 2.16. The highest BCUT2D eigenvalue weighted by atomic mass is 35.5. The molecule has 1 aromatic carbocycles. The molecule has 0 bridgehead atoms. The zero-order valence-corrected chi connectivity index (χ0v) is 12.3. The summed E-state index contributed by atoms with van der Waals surface area (Å²) in [6.45, 7) is 2.04. The minimum Gasteiger partial charge on any atom is -0.467 e. The minimum absolute atomic E-state index is 0.0544. The van der Waals surface area contributed by atoms with Gasteiger partial charge in [0.15, 0.2) is 0 Å². The molecule has 2 rings (SSSR count). The number of ether oxygens (including phenoxy) is 1. The lowest BCUT2D eigenvalue weighted by Crippen LogP contribution is -2.24. The second-order valence-electron chi connectivity index (χ2n) is 4.32. The number of benzene rings is 1. The lowest BCUT2D eigenvalue weighted by molar-refractivity contribution is 0.378. The molecular formula is C13H16ClN5O. The van der Waals surface area contributed by atoms with Crippen LogP contribution >= 0.6 is 11.6 Å². The number of hydrogen-bond acceptors (Lipinski definition) is 6. The number of anilines is 2. The molecule has 7 heteroatoms. The molecule has 0 aliphatic carbocycles. The second kappa shape index (κ2) is 5.92. The van der Waals surface area contributed by atoms with E-state index in [1.807, 2.05) is 43.1 Å². The molecule has 0 saturated carbocycles. The molecule has 0 aliphatic heterocycles. The summed E-state index contributed by atoms with van der Waals surface area (Å²) < 4.78 is 5.00. The molecule has 1 heterocycles. The van der Waals surface area contributed by atoms with E-state index in [4.69, 9.17) is 22.1 Å². The number of aromatic nitrogens is 3. The van der Waals surface area contributed by atoms with E-state index in [0.29, 0.717) is 11.0 Å². The van der Waals surface area contributed by atoms with E-state index < -0.39 is 0 Å². The van der Waals surface area contributed by atoms with E-state index in [2.05, 4.69) is 15.0 Å². The van der Waals surface area contributed by atoms with Crippen molar-refractivity contribution in [2.45, 2.75) is 13.0 Å². The third kappa shape index (κ3) is 3.08. The van der Waals surface area contributed by atoms with Gasteiger partial charge < -0.3 is 15.4 Å². The monoisotopic (exact) mass is 293 g/mol. The van der Waals surface area contributed by atoms with Crippen molar-refractivity contribution in [3.8, 4) is 6.01 Å². The van der Waals surface area contributed by atoms with Crippen LogP contribution < -0.4 is 15.4 Å². The molecule has 0 amide bonds. The average molecular weight is 294 g/mol. The summed E-state index contributed by atoms with van der Waals surface area (Å²) in [5, 5.41) is 0.703.